The van der Waals surface area contributed by atoms with E-state index in [2.05, 4.69) is 24.5 Å². The van der Waals surface area contributed by atoms with Gasteiger partial charge in [-0.1, -0.05) is 213 Å². The molecule has 22 nitrogen and oxygen atoms in total. The average Bonchev–Trinajstić information content (AvgIpc) is 3.56. The van der Waals surface area contributed by atoms with Crippen LogP contribution in [0.25, 0.3) is 0 Å². The normalized spacial score (nSPS) is 30.0. The standard InChI is InChI=1S/C61H116N2O20/c1-4-6-8-10-12-14-16-17-18-19-20-21-22-23-24-26-28-30-32-34-36-44(68)58(77)63-42(49(69)43(67)35-33-31-29-27-25-15-13-11-9-7-5-2)39-78-61-57(83-60-56(76)54(74)51(71)46(38-65)81-60)55(75)52(72)47(82-61)40-79-59-48(62-41(3)66)53(73)50(70)45(37-64)80-59/h42-57,59-61,64-65,67-76H,4-40H2,1-3H3,(H,62,66)(H,63,77)/t42-,43+,44+,45+,46+,47+,48+,49-,50-,51-,52-,53+,54-,55-,56+,57+,59+,60+,61-/m0/s1. The van der Waals surface area contributed by atoms with E-state index in [1.54, 1.807) is 0 Å². The second-order valence-electron chi connectivity index (χ2n) is 23.9. The third-order valence-electron chi connectivity index (χ3n) is 16.8. The summed E-state index contributed by atoms with van der Waals surface area (Å²) in [5, 5.41) is 135. The van der Waals surface area contributed by atoms with Crippen molar-refractivity contribution in [2.45, 2.75) is 349 Å². The molecule has 0 unspecified atom stereocenters. The SMILES string of the molecule is CCCCCCCCCCCCCCCCCCCCCC[C@@H](O)C(=O)N[C@@H](CO[C@H]1O[C@H](CO[C@@H]2O[C@H](CO)[C@H](O)[C@H](O)[C@H]2NC(C)=O)[C@H](O)[C@H](O)[C@H]1O[C@H]1O[C@H](CO)[C@H](O)[C@H](O)[C@H]1O)[C@H](O)[C@H](O)CCCCCCCCCCCCC. The van der Waals surface area contributed by atoms with Crippen molar-refractivity contribution in [2.24, 2.45) is 0 Å². The second kappa shape index (κ2) is 44.6. The molecule has 3 rings (SSSR count). The molecule has 3 saturated heterocycles. The molecule has 0 aromatic carbocycles. The molecule has 3 aliphatic heterocycles. The molecular weight excluding hydrogens is 1080 g/mol. The molecule has 0 spiro atoms. The summed E-state index contributed by atoms with van der Waals surface area (Å²) in [5.41, 5.74) is 0. The van der Waals surface area contributed by atoms with Gasteiger partial charge >= 0.3 is 0 Å². The van der Waals surface area contributed by atoms with Crippen molar-refractivity contribution in [3.63, 3.8) is 0 Å². The van der Waals surface area contributed by atoms with Gasteiger partial charge in [-0.15, -0.1) is 0 Å². The number of ether oxygens (including phenoxy) is 6. The Morgan fingerprint density at radius 3 is 1.30 bits per heavy atom. The maximum atomic E-state index is 13.7. The molecular formula is C61H116N2O20. The van der Waals surface area contributed by atoms with Crippen molar-refractivity contribution in [1.82, 2.24) is 10.6 Å². The summed E-state index contributed by atoms with van der Waals surface area (Å²) in [7, 11) is 0. The maximum absolute atomic E-state index is 13.7. The van der Waals surface area contributed by atoms with Crippen LogP contribution in [0.3, 0.4) is 0 Å². The third kappa shape index (κ3) is 28.5. The van der Waals surface area contributed by atoms with Crippen molar-refractivity contribution in [3.8, 4) is 0 Å². The smallest absolute Gasteiger partial charge is 0.249 e. The number of amides is 2. The number of aliphatic hydroxyl groups excluding tert-OH is 12. The van der Waals surface area contributed by atoms with Gasteiger partial charge < -0.3 is 100 Å². The molecule has 3 fully saturated rings. The van der Waals surface area contributed by atoms with E-state index >= 15 is 0 Å². The van der Waals surface area contributed by atoms with Crippen molar-refractivity contribution in [2.75, 3.05) is 26.4 Å². The minimum atomic E-state index is -2.01. The molecule has 3 heterocycles. The van der Waals surface area contributed by atoms with Crippen LogP contribution >= 0.6 is 0 Å². The Kier molecular flexibility index (Phi) is 40.6. The zero-order valence-corrected chi connectivity index (χ0v) is 50.8. The van der Waals surface area contributed by atoms with Crippen LogP contribution in [0, 0.1) is 0 Å². The number of hydrogen-bond acceptors (Lipinski definition) is 20. The van der Waals surface area contributed by atoms with Crippen molar-refractivity contribution < 1.29 is 99.3 Å². The van der Waals surface area contributed by atoms with Crippen molar-refractivity contribution in [3.05, 3.63) is 0 Å². The van der Waals surface area contributed by atoms with E-state index < -0.39 is 155 Å². The van der Waals surface area contributed by atoms with Gasteiger partial charge in [-0.3, -0.25) is 9.59 Å². The zero-order chi connectivity index (χ0) is 60.9. The Balaban J connectivity index is 1.67. The van der Waals surface area contributed by atoms with E-state index in [9.17, 15) is 70.9 Å². The molecule has 0 radical (unpaired) electrons. The topological polar surface area (TPSA) is 356 Å². The van der Waals surface area contributed by atoms with Gasteiger partial charge in [0.05, 0.1) is 38.6 Å². The van der Waals surface area contributed by atoms with Crippen LogP contribution in [-0.4, -0.2) is 216 Å². The van der Waals surface area contributed by atoms with Crippen LogP contribution in [0.15, 0.2) is 0 Å². The first-order valence-corrected chi connectivity index (χ1v) is 32.5. The number of aliphatic hydroxyl groups is 12. The Hall–Kier alpha value is -1.78. The fourth-order valence-electron chi connectivity index (χ4n) is 11.3. The van der Waals surface area contributed by atoms with E-state index in [0.717, 1.165) is 64.7 Å². The molecule has 2 amide bonds. The molecule has 22 heteroatoms. The Morgan fingerprint density at radius 2 is 0.855 bits per heavy atom. The van der Waals surface area contributed by atoms with Crippen LogP contribution in [-0.2, 0) is 38.0 Å². The molecule has 3 aliphatic rings. The zero-order valence-electron chi connectivity index (χ0n) is 50.8. The summed E-state index contributed by atoms with van der Waals surface area (Å²) >= 11 is 0. The highest BCUT2D eigenvalue weighted by Gasteiger charge is 2.52. The van der Waals surface area contributed by atoms with E-state index in [1.807, 2.05) is 0 Å². The van der Waals surface area contributed by atoms with Crippen molar-refractivity contribution >= 4 is 11.8 Å². The van der Waals surface area contributed by atoms with Crippen LogP contribution in [0.2, 0.25) is 0 Å². The molecule has 0 aliphatic carbocycles. The lowest BCUT2D eigenvalue weighted by molar-refractivity contribution is -0.371. The predicted octanol–water partition coefficient (Wildman–Crippen LogP) is 4.08. The highest BCUT2D eigenvalue weighted by Crippen LogP contribution is 2.32. The number of carbonyl (C=O) groups excluding carboxylic acids is 2. The summed E-state index contributed by atoms with van der Waals surface area (Å²) in [4.78, 5) is 25.8. The highest BCUT2D eigenvalue weighted by atomic mass is 16.8. The van der Waals surface area contributed by atoms with Gasteiger partial charge in [-0.05, 0) is 12.8 Å². The van der Waals surface area contributed by atoms with Crippen LogP contribution < -0.4 is 10.6 Å². The first-order chi connectivity index (χ1) is 40.0. The summed E-state index contributed by atoms with van der Waals surface area (Å²) in [6.07, 6.45) is 7.32. The Bertz CT molecular complexity index is 1630. The molecule has 83 heavy (non-hydrogen) atoms. The van der Waals surface area contributed by atoms with Gasteiger partial charge in [0, 0.05) is 6.92 Å². The maximum Gasteiger partial charge on any atom is 0.249 e. The molecule has 0 saturated carbocycles. The molecule has 0 bridgehead atoms. The first kappa shape index (κ1) is 75.5. The van der Waals surface area contributed by atoms with E-state index in [1.165, 1.54) is 128 Å². The molecule has 0 aromatic heterocycles. The van der Waals surface area contributed by atoms with Gasteiger partial charge in [0.1, 0.15) is 85.4 Å². The first-order valence-electron chi connectivity index (χ1n) is 32.5. The number of rotatable bonds is 48. The quantitative estimate of drug-likeness (QED) is 0.0382. The largest absolute Gasteiger partial charge is 0.394 e. The van der Waals surface area contributed by atoms with Crippen LogP contribution in [0.5, 0.6) is 0 Å². The number of nitrogens with one attached hydrogen (secondary N) is 2. The van der Waals surface area contributed by atoms with Gasteiger partial charge in [-0.25, -0.2) is 0 Å². The van der Waals surface area contributed by atoms with Gasteiger partial charge in [0.25, 0.3) is 0 Å². The summed E-state index contributed by atoms with van der Waals surface area (Å²) in [5.74, 6) is -1.48. The van der Waals surface area contributed by atoms with E-state index in [-0.39, 0.29) is 12.8 Å². The Labute approximate surface area is 495 Å². The second-order valence-corrected chi connectivity index (χ2v) is 23.9. The number of unbranched alkanes of at least 4 members (excludes halogenated alkanes) is 29. The summed E-state index contributed by atoms with van der Waals surface area (Å²) < 4.78 is 35.2. The molecule has 490 valence electrons. The highest BCUT2D eigenvalue weighted by molar-refractivity contribution is 5.80. The molecule has 0 aromatic rings. The minimum Gasteiger partial charge on any atom is -0.394 e. The van der Waals surface area contributed by atoms with E-state index in [4.69, 9.17) is 28.4 Å². The lowest BCUT2D eigenvalue weighted by Gasteiger charge is -2.47. The number of carbonyl (C=O) groups is 2. The summed E-state index contributed by atoms with van der Waals surface area (Å²) in [6, 6.07) is -2.82. The third-order valence-corrected chi connectivity index (χ3v) is 16.8. The van der Waals surface area contributed by atoms with Gasteiger partial charge in [0.2, 0.25) is 11.8 Å². The predicted molar refractivity (Wildman–Crippen MR) is 310 cm³/mol. The minimum absolute atomic E-state index is 0.130. The monoisotopic (exact) mass is 1200 g/mol. The lowest BCUT2D eigenvalue weighted by Crippen LogP contribution is -2.66. The Morgan fingerprint density at radius 1 is 0.458 bits per heavy atom. The lowest BCUT2D eigenvalue weighted by atomic mass is 9.96. The van der Waals surface area contributed by atoms with Gasteiger partial charge in [-0.2, -0.15) is 0 Å². The fourth-order valence-corrected chi connectivity index (χ4v) is 11.3. The fraction of sp³-hybridized carbons (Fsp3) is 0.967. The average molecular weight is 1200 g/mol. The van der Waals surface area contributed by atoms with Crippen LogP contribution in [0.4, 0.5) is 0 Å². The number of hydrogen-bond donors (Lipinski definition) is 14. The summed E-state index contributed by atoms with van der Waals surface area (Å²) in [6.45, 7) is 2.65. The van der Waals surface area contributed by atoms with Crippen molar-refractivity contribution in [1.29, 1.82) is 0 Å². The van der Waals surface area contributed by atoms with Gasteiger partial charge in [0.15, 0.2) is 18.9 Å². The van der Waals surface area contributed by atoms with Crippen LogP contribution in [0.1, 0.15) is 233 Å². The van der Waals surface area contributed by atoms with E-state index in [0.29, 0.717) is 12.8 Å². The molecule has 19 atom stereocenters. The molecule has 14 N–H and O–H groups in total.